The number of amidine groups is 1. The molecular formula is C26H21FN2O4S. The van der Waals surface area contributed by atoms with E-state index in [1.54, 1.807) is 49.5 Å². The molecule has 172 valence electrons. The fourth-order valence-electron chi connectivity index (χ4n) is 3.18. The van der Waals surface area contributed by atoms with Gasteiger partial charge in [-0.3, -0.25) is 14.5 Å². The minimum atomic E-state index is -0.891. The smallest absolute Gasteiger partial charge is 0.307 e. The first-order valence-corrected chi connectivity index (χ1v) is 11.2. The number of carboxylic acid groups (broad SMARTS) is 1. The standard InChI is InChI=1S/C26H21FN2O4S/c1-29-25(32)23(34-26(29)28-21-10-4-18(5-11-21)15-24(30)31)14-17-6-12-22(13-7-17)33-16-19-2-8-20(27)9-3-19/h2-14H,15-16H2,1H3,(H,30,31)/b23-14+,28-26?. The van der Waals surface area contributed by atoms with E-state index in [2.05, 4.69) is 4.99 Å². The molecule has 0 aromatic heterocycles. The highest BCUT2D eigenvalue weighted by atomic mass is 32.2. The third-order valence-electron chi connectivity index (χ3n) is 5.02. The molecule has 1 aliphatic rings. The van der Waals surface area contributed by atoms with Crippen molar-refractivity contribution in [3.63, 3.8) is 0 Å². The summed E-state index contributed by atoms with van der Waals surface area (Å²) in [6.45, 7) is 0.330. The van der Waals surface area contributed by atoms with E-state index in [9.17, 15) is 14.0 Å². The molecule has 0 saturated carbocycles. The van der Waals surface area contributed by atoms with Gasteiger partial charge in [-0.25, -0.2) is 9.38 Å². The number of carboxylic acids is 1. The van der Waals surface area contributed by atoms with Crippen LogP contribution in [0.4, 0.5) is 10.1 Å². The van der Waals surface area contributed by atoms with Crippen molar-refractivity contribution in [3.8, 4) is 5.75 Å². The number of aliphatic imine (C=N–C) groups is 1. The normalized spacial score (nSPS) is 15.8. The second-order valence-electron chi connectivity index (χ2n) is 7.59. The Hall–Kier alpha value is -3.91. The number of carbonyl (C=O) groups excluding carboxylic acids is 1. The molecule has 1 aliphatic heterocycles. The lowest BCUT2D eigenvalue weighted by Gasteiger charge is -2.07. The van der Waals surface area contributed by atoms with Crippen molar-refractivity contribution in [1.29, 1.82) is 0 Å². The summed E-state index contributed by atoms with van der Waals surface area (Å²) in [5.41, 5.74) is 3.04. The lowest BCUT2D eigenvalue weighted by molar-refractivity contribution is -0.136. The molecule has 1 heterocycles. The lowest BCUT2D eigenvalue weighted by Crippen LogP contribution is -2.23. The number of amides is 1. The Balaban J connectivity index is 1.41. The summed E-state index contributed by atoms with van der Waals surface area (Å²) in [4.78, 5) is 30.1. The number of likely N-dealkylation sites (N-methyl/N-ethyl adjacent to an activating group) is 1. The number of halogens is 1. The van der Waals surface area contributed by atoms with Gasteiger partial charge in [-0.05, 0) is 70.9 Å². The zero-order chi connectivity index (χ0) is 24.1. The molecule has 0 radical (unpaired) electrons. The number of rotatable bonds is 7. The number of hydrogen-bond acceptors (Lipinski definition) is 5. The average Bonchev–Trinajstić information content (AvgIpc) is 3.08. The van der Waals surface area contributed by atoms with Gasteiger partial charge in [-0.2, -0.15) is 0 Å². The summed E-state index contributed by atoms with van der Waals surface area (Å²) in [6.07, 6.45) is 1.75. The van der Waals surface area contributed by atoms with E-state index in [-0.39, 0.29) is 18.1 Å². The first-order valence-electron chi connectivity index (χ1n) is 10.4. The fourth-order valence-corrected chi connectivity index (χ4v) is 4.17. The first-order chi connectivity index (χ1) is 16.4. The van der Waals surface area contributed by atoms with E-state index in [1.165, 1.54) is 28.8 Å². The van der Waals surface area contributed by atoms with Gasteiger partial charge in [0, 0.05) is 7.05 Å². The molecule has 1 saturated heterocycles. The summed E-state index contributed by atoms with van der Waals surface area (Å²) >= 11 is 1.28. The van der Waals surface area contributed by atoms with Gasteiger partial charge < -0.3 is 9.84 Å². The van der Waals surface area contributed by atoms with E-state index in [0.29, 0.717) is 33.7 Å². The molecule has 0 aliphatic carbocycles. The number of aliphatic carboxylic acids is 1. The summed E-state index contributed by atoms with van der Waals surface area (Å²) < 4.78 is 18.7. The maximum absolute atomic E-state index is 13.0. The van der Waals surface area contributed by atoms with Crippen LogP contribution in [0.25, 0.3) is 6.08 Å². The quantitative estimate of drug-likeness (QED) is 0.470. The molecule has 3 aromatic carbocycles. The Bertz CT molecular complexity index is 1250. The number of hydrogen-bond donors (Lipinski definition) is 1. The van der Waals surface area contributed by atoms with E-state index < -0.39 is 5.97 Å². The van der Waals surface area contributed by atoms with Crippen LogP contribution < -0.4 is 4.74 Å². The first kappa shape index (κ1) is 23.3. The van der Waals surface area contributed by atoms with E-state index in [0.717, 1.165) is 11.1 Å². The van der Waals surface area contributed by atoms with E-state index in [4.69, 9.17) is 9.84 Å². The third-order valence-corrected chi connectivity index (χ3v) is 6.08. The van der Waals surface area contributed by atoms with Crippen molar-refractivity contribution in [2.75, 3.05) is 7.05 Å². The molecule has 8 heteroatoms. The number of nitrogens with zero attached hydrogens (tertiary/aromatic N) is 2. The van der Waals surface area contributed by atoms with Crippen LogP contribution in [0.3, 0.4) is 0 Å². The van der Waals surface area contributed by atoms with Crippen LogP contribution in [-0.4, -0.2) is 34.1 Å². The Morgan fingerprint density at radius 3 is 2.32 bits per heavy atom. The Kier molecular flexibility index (Phi) is 7.08. The molecule has 4 rings (SSSR count). The van der Waals surface area contributed by atoms with Gasteiger partial charge in [0.2, 0.25) is 0 Å². The molecule has 34 heavy (non-hydrogen) atoms. The zero-order valence-corrected chi connectivity index (χ0v) is 19.1. The Morgan fingerprint density at radius 2 is 1.68 bits per heavy atom. The predicted molar refractivity (Wildman–Crippen MR) is 130 cm³/mol. The molecule has 1 amide bonds. The number of carbonyl (C=O) groups is 2. The Labute approximate surface area is 200 Å². The summed E-state index contributed by atoms with van der Waals surface area (Å²) in [5.74, 6) is -0.656. The van der Waals surface area contributed by atoms with Crippen LogP contribution in [-0.2, 0) is 22.6 Å². The summed E-state index contributed by atoms with van der Waals surface area (Å²) in [6, 6.07) is 20.4. The topological polar surface area (TPSA) is 79.2 Å². The van der Waals surface area contributed by atoms with Crippen LogP contribution in [0.15, 0.2) is 82.7 Å². The van der Waals surface area contributed by atoms with E-state index in [1.807, 2.05) is 24.3 Å². The molecule has 1 fully saturated rings. The SMILES string of the molecule is CN1C(=O)/C(=C\c2ccc(OCc3ccc(F)cc3)cc2)SC1=Nc1ccc(CC(=O)O)cc1. The van der Waals surface area contributed by atoms with Crippen molar-refractivity contribution < 1.29 is 23.8 Å². The second kappa shape index (κ2) is 10.4. The number of ether oxygens (including phenoxy) is 1. The van der Waals surface area contributed by atoms with Gasteiger partial charge in [0.25, 0.3) is 5.91 Å². The van der Waals surface area contributed by atoms with Gasteiger partial charge in [0.15, 0.2) is 5.17 Å². The fraction of sp³-hybridized carbons (Fsp3) is 0.115. The van der Waals surface area contributed by atoms with Crippen LogP contribution in [0.5, 0.6) is 5.75 Å². The Morgan fingerprint density at radius 1 is 1.03 bits per heavy atom. The van der Waals surface area contributed by atoms with Crippen molar-refractivity contribution >= 4 is 40.6 Å². The number of thioether (sulfide) groups is 1. The van der Waals surface area contributed by atoms with Crippen LogP contribution >= 0.6 is 11.8 Å². The molecule has 0 atom stereocenters. The molecule has 1 N–H and O–H groups in total. The highest BCUT2D eigenvalue weighted by molar-refractivity contribution is 8.18. The summed E-state index contributed by atoms with van der Waals surface area (Å²) in [7, 11) is 1.67. The zero-order valence-electron chi connectivity index (χ0n) is 18.3. The largest absolute Gasteiger partial charge is 0.489 e. The van der Waals surface area contributed by atoms with Gasteiger partial charge >= 0.3 is 5.97 Å². The molecular weight excluding hydrogens is 455 g/mol. The maximum atomic E-state index is 13.0. The van der Waals surface area contributed by atoms with Crippen LogP contribution in [0, 0.1) is 5.82 Å². The summed E-state index contributed by atoms with van der Waals surface area (Å²) in [5, 5.41) is 9.42. The van der Waals surface area contributed by atoms with Gasteiger partial charge in [0.05, 0.1) is 17.0 Å². The van der Waals surface area contributed by atoms with Crippen molar-refractivity contribution in [2.24, 2.45) is 4.99 Å². The molecule has 6 nitrogen and oxygen atoms in total. The predicted octanol–water partition coefficient (Wildman–Crippen LogP) is 5.27. The minimum absolute atomic E-state index is 0.0487. The molecule has 0 spiro atoms. The molecule has 0 bridgehead atoms. The van der Waals surface area contributed by atoms with Gasteiger partial charge in [0.1, 0.15) is 18.2 Å². The monoisotopic (exact) mass is 476 g/mol. The molecule has 0 unspecified atom stereocenters. The lowest BCUT2D eigenvalue weighted by atomic mass is 10.1. The van der Waals surface area contributed by atoms with Gasteiger partial charge in [-0.1, -0.05) is 36.4 Å². The van der Waals surface area contributed by atoms with Crippen LogP contribution in [0.1, 0.15) is 16.7 Å². The van der Waals surface area contributed by atoms with Gasteiger partial charge in [-0.15, -0.1) is 0 Å². The van der Waals surface area contributed by atoms with Crippen LogP contribution in [0.2, 0.25) is 0 Å². The number of benzene rings is 3. The van der Waals surface area contributed by atoms with Crippen molar-refractivity contribution in [2.45, 2.75) is 13.0 Å². The second-order valence-corrected chi connectivity index (χ2v) is 8.60. The van der Waals surface area contributed by atoms with Crippen molar-refractivity contribution in [3.05, 3.63) is 100 Å². The van der Waals surface area contributed by atoms with E-state index >= 15 is 0 Å². The highest BCUT2D eigenvalue weighted by Gasteiger charge is 2.30. The minimum Gasteiger partial charge on any atom is -0.489 e. The maximum Gasteiger partial charge on any atom is 0.307 e. The molecule has 3 aromatic rings. The average molecular weight is 477 g/mol. The highest BCUT2D eigenvalue weighted by Crippen LogP contribution is 2.33. The van der Waals surface area contributed by atoms with Crippen molar-refractivity contribution in [1.82, 2.24) is 4.90 Å². The third kappa shape index (κ3) is 5.90.